The van der Waals surface area contributed by atoms with Crippen LogP contribution in [-0.4, -0.2) is 70.2 Å². The molecule has 1 aliphatic rings. The number of rotatable bonds is 6. The molecule has 150 valence electrons. The van der Waals surface area contributed by atoms with Crippen LogP contribution in [0.4, 0.5) is 0 Å². The zero-order valence-corrected chi connectivity index (χ0v) is 16.6. The van der Waals surface area contributed by atoms with Crippen molar-refractivity contribution in [1.29, 1.82) is 0 Å². The first-order chi connectivity index (χ1) is 13.3. The van der Waals surface area contributed by atoms with Crippen LogP contribution in [0.25, 0.3) is 11.3 Å². The van der Waals surface area contributed by atoms with Gasteiger partial charge in [0.2, 0.25) is 0 Å². The van der Waals surface area contributed by atoms with E-state index in [0.29, 0.717) is 30.8 Å². The van der Waals surface area contributed by atoms with Crippen molar-refractivity contribution in [3.8, 4) is 11.3 Å². The van der Waals surface area contributed by atoms with Crippen molar-refractivity contribution in [2.45, 2.75) is 19.3 Å². The minimum atomic E-state index is -3.40. The minimum Gasteiger partial charge on any atom is -0.478 e. The molecule has 0 saturated carbocycles. The van der Waals surface area contributed by atoms with Gasteiger partial charge in [-0.15, -0.1) is 0 Å². The number of hydrogen-bond acceptors (Lipinski definition) is 6. The van der Waals surface area contributed by atoms with Crippen LogP contribution in [0, 0.1) is 5.92 Å². The predicted octanol–water partition coefficient (Wildman–Crippen LogP) is 1.30. The van der Waals surface area contributed by atoms with Crippen LogP contribution in [0.3, 0.4) is 0 Å². The second kappa shape index (κ2) is 8.29. The second-order valence-corrected chi connectivity index (χ2v) is 9.16. The van der Waals surface area contributed by atoms with Crippen LogP contribution in [0.1, 0.15) is 28.9 Å². The van der Waals surface area contributed by atoms with Crippen LogP contribution in [0.15, 0.2) is 30.9 Å². The third-order valence-electron chi connectivity index (χ3n) is 4.75. The summed E-state index contributed by atoms with van der Waals surface area (Å²) in [5.41, 5.74) is 1.99. The zero-order chi connectivity index (χ0) is 20.3. The number of pyridine rings is 1. The van der Waals surface area contributed by atoms with E-state index in [-0.39, 0.29) is 11.5 Å². The average molecular weight is 405 g/mol. The van der Waals surface area contributed by atoms with Crippen LogP contribution >= 0.6 is 0 Å². The first-order valence-electron chi connectivity index (χ1n) is 8.94. The molecule has 0 aliphatic carbocycles. The Morgan fingerprint density at radius 1 is 1.25 bits per heavy atom. The number of aromatic nitrogens is 3. The maximum atomic E-state index is 12.3. The molecule has 0 aromatic carbocycles. The Labute approximate surface area is 164 Å². The molecule has 0 amide bonds. The molecule has 1 fully saturated rings. The number of hydrogen-bond donors (Lipinski definition) is 1. The van der Waals surface area contributed by atoms with E-state index in [4.69, 9.17) is 5.11 Å². The van der Waals surface area contributed by atoms with Gasteiger partial charge in [0.25, 0.3) is 10.2 Å². The first-order valence-corrected chi connectivity index (χ1v) is 10.3. The Morgan fingerprint density at radius 2 is 2.04 bits per heavy atom. The van der Waals surface area contributed by atoms with Crippen LogP contribution in [-0.2, 0) is 16.6 Å². The highest BCUT2D eigenvalue weighted by atomic mass is 32.2. The molecule has 0 radical (unpaired) electrons. The SMILES string of the molecule is CN(C)S(=O)(=O)N1CCCC(Cc2cnc(-c3cncc(C(=O)O)c3)cn2)C1. The third-order valence-corrected chi connectivity index (χ3v) is 6.66. The van der Waals surface area contributed by atoms with E-state index in [1.165, 1.54) is 35.0 Å². The molecule has 0 bridgehead atoms. The van der Waals surface area contributed by atoms with E-state index in [0.717, 1.165) is 18.5 Å². The molecule has 1 unspecified atom stereocenters. The summed E-state index contributed by atoms with van der Waals surface area (Å²) in [6, 6.07) is 1.50. The standard InChI is InChI=1S/C18H23N5O4S/c1-22(2)28(26,27)23-5-3-4-13(12-23)6-16-10-21-17(11-20-16)14-7-15(18(24)25)9-19-8-14/h7-11,13H,3-6,12H2,1-2H3,(H,24,25). The lowest BCUT2D eigenvalue weighted by Crippen LogP contribution is -2.45. The van der Waals surface area contributed by atoms with E-state index in [1.54, 1.807) is 18.6 Å². The highest BCUT2D eigenvalue weighted by molar-refractivity contribution is 7.86. The lowest BCUT2D eigenvalue weighted by molar-refractivity contribution is 0.0696. The van der Waals surface area contributed by atoms with Gasteiger partial charge in [-0.25, -0.2) is 4.79 Å². The third kappa shape index (κ3) is 4.51. The first kappa shape index (κ1) is 20.3. The van der Waals surface area contributed by atoms with Gasteiger partial charge in [0.15, 0.2) is 0 Å². The molecule has 3 heterocycles. The van der Waals surface area contributed by atoms with E-state index in [9.17, 15) is 13.2 Å². The molecular formula is C18H23N5O4S. The minimum absolute atomic E-state index is 0.0905. The monoisotopic (exact) mass is 405 g/mol. The molecule has 2 aromatic rings. The number of piperidine rings is 1. The Bertz CT molecular complexity index is 947. The number of nitrogens with zero attached hydrogens (tertiary/aromatic N) is 5. The lowest BCUT2D eigenvalue weighted by atomic mass is 9.95. The van der Waals surface area contributed by atoms with Gasteiger partial charge in [-0.05, 0) is 31.2 Å². The van der Waals surface area contributed by atoms with Crippen molar-refractivity contribution in [2.24, 2.45) is 5.92 Å². The maximum absolute atomic E-state index is 12.3. The van der Waals surface area contributed by atoms with Gasteiger partial charge in [-0.1, -0.05) is 0 Å². The number of carboxylic acid groups (broad SMARTS) is 1. The van der Waals surface area contributed by atoms with Crippen molar-refractivity contribution in [3.63, 3.8) is 0 Å². The molecule has 0 spiro atoms. The van der Waals surface area contributed by atoms with Gasteiger partial charge < -0.3 is 5.11 Å². The topological polar surface area (TPSA) is 117 Å². The number of carboxylic acids is 1. The Kier molecular flexibility index (Phi) is 6.01. The molecular weight excluding hydrogens is 382 g/mol. The van der Waals surface area contributed by atoms with Gasteiger partial charge >= 0.3 is 5.97 Å². The molecule has 3 rings (SSSR count). The van der Waals surface area contributed by atoms with Crippen LogP contribution < -0.4 is 0 Å². The lowest BCUT2D eigenvalue weighted by Gasteiger charge is -2.33. The van der Waals surface area contributed by atoms with Crippen molar-refractivity contribution in [3.05, 3.63) is 42.1 Å². The molecule has 1 aliphatic heterocycles. The quantitative estimate of drug-likeness (QED) is 0.770. The van der Waals surface area contributed by atoms with Crippen molar-refractivity contribution >= 4 is 16.2 Å². The normalized spacial score (nSPS) is 18.3. The van der Waals surface area contributed by atoms with Gasteiger partial charge in [0.1, 0.15) is 0 Å². The Balaban J connectivity index is 1.69. The van der Waals surface area contributed by atoms with Crippen molar-refractivity contribution in [1.82, 2.24) is 23.6 Å². The highest BCUT2D eigenvalue weighted by Crippen LogP contribution is 2.23. The van der Waals surface area contributed by atoms with Crippen molar-refractivity contribution < 1.29 is 18.3 Å². The summed E-state index contributed by atoms with van der Waals surface area (Å²) in [6.07, 6.45) is 8.47. The molecule has 9 nitrogen and oxygen atoms in total. The number of carbonyl (C=O) groups is 1. The Hall–Kier alpha value is -2.43. The molecule has 2 aromatic heterocycles. The van der Waals surface area contributed by atoms with E-state index in [2.05, 4.69) is 15.0 Å². The van der Waals surface area contributed by atoms with E-state index in [1.807, 2.05) is 0 Å². The predicted molar refractivity (Wildman–Crippen MR) is 103 cm³/mol. The molecule has 1 saturated heterocycles. The van der Waals surface area contributed by atoms with Gasteiger partial charge in [0.05, 0.1) is 23.1 Å². The van der Waals surface area contributed by atoms with Crippen molar-refractivity contribution in [2.75, 3.05) is 27.2 Å². The largest absolute Gasteiger partial charge is 0.478 e. The summed E-state index contributed by atoms with van der Waals surface area (Å²) in [5, 5.41) is 9.07. The molecule has 1 atom stereocenters. The summed E-state index contributed by atoms with van der Waals surface area (Å²) in [6.45, 7) is 1.00. The smallest absolute Gasteiger partial charge is 0.337 e. The van der Waals surface area contributed by atoms with E-state index >= 15 is 0 Å². The highest BCUT2D eigenvalue weighted by Gasteiger charge is 2.30. The Morgan fingerprint density at radius 3 is 2.68 bits per heavy atom. The second-order valence-electron chi connectivity index (χ2n) is 7.02. The summed E-state index contributed by atoms with van der Waals surface area (Å²) in [7, 11) is -0.325. The van der Waals surface area contributed by atoms with Crippen LogP contribution in [0.2, 0.25) is 0 Å². The fourth-order valence-corrected chi connectivity index (χ4v) is 4.46. The molecule has 28 heavy (non-hydrogen) atoms. The maximum Gasteiger partial charge on any atom is 0.337 e. The zero-order valence-electron chi connectivity index (χ0n) is 15.8. The summed E-state index contributed by atoms with van der Waals surface area (Å²) < 4.78 is 27.4. The fourth-order valence-electron chi connectivity index (χ4n) is 3.24. The van der Waals surface area contributed by atoms with E-state index < -0.39 is 16.2 Å². The van der Waals surface area contributed by atoms with Gasteiger partial charge in [0, 0.05) is 51.3 Å². The summed E-state index contributed by atoms with van der Waals surface area (Å²) in [4.78, 5) is 23.8. The van der Waals surface area contributed by atoms with Gasteiger partial charge in [-0.3, -0.25) is 15.0 Å². The fraction of sp³-hybridized carbons (Fsp3) is 0.444. The molecule has 10 heteroatoms. The van der Waals surface area contributed by atoms with Gasteiger partial charge in [-0.2, -0.15) is 17.0 Å². The number of aromatic carboxylic acids is 1. The average Bonchev–Trinajstić information content (AvgIpc) is 2.69. The molecule has 1 N–H and O–H groups in total. The summed E-state index contributed by atoms with van der Waals surface area (Å²) in [5.74, 6) is -0.867. The summed E-state index contributed by atoms with van der Waals surface area (Å²) >= 11 is 0. The van der Waals surface area contributed by atoms with Crippen LogP contribution in [0.5, 0.6) is 0 Å².